The zero-order valence-corrected chi connectivity index (χ0v) is 12.8. The Labute approximate surface area is 138 Å². The average molecular weight is 333 g/mol. The maximum Gasteiger partial charge on any atom is 0.326 e. The van der Waals surface area contributed by atoms with Crippen LogP contribution in [0.25, 0.3) is 0 Å². The second-order valence-electron chi connectivity index (χ2n) is 5.34. The van der Waals surface area contributed by atoms with Gasteiger partial charge in [-0.15, -0.1) is 0 Å². The Bertz CT molecular complexity index is 719. The number of halogens is 2. The molecule has 0 aliphatic heterocycles. The number of amides is 1. The minimum atomic E-state index is -1.29. The molecule has 1 atom stereocenters. The van der Waals surface area contributed by atoms with Gasteiger partial charge >= 0.3 is 5.97 Å². The number of carboxylic acids is 1. The lowest BCUT2D eigenvalue weighted by molar-refractivity contribution is -0.139. The van der Waals surface area contributed by atoms with E-state index in [0.29, 0.717) is 12.8 Å². The quantitative estimate of drug-likeness (QED) is 0.818. The van der Waals surface area contributed by atoms with Crippen LogP contribution in [0.15, 0.2) is 48.5 Å². The van der Waals surface area contributed by atoms with Gasteiger partial charge in [-0.25, -0.2) is 13.6 Å². The van der Waals surface area contributed by atoms with Crippen molar-refractivity contribution in [2.45, 2.75) is 25.3 Å². The van der Waals surface area contributed by atoms with Crippen LogP contribution in [0.1, 0.15) is 28.8 Å². The van der Waals surface area contributed by atoms with Crippen molar-refractivity contribution in [1.82, 2.24) is 5.32 Å². The first-order chi connectivity index (χ1) is 11.5. The maximum atomic E-state index is 13.6. The Balaban J connectivity index is 1.96. The Morgan fingerprint density at radius 1 is 1.04 bits per heavy atom. The van der Waals surface area contributed by atoms with E-state index in [1.165, 1.54) is 6.07 Å². The Morgan fingerprint density at radius 2 is 1.75 bits per heavy atom. The first-order valence-electron chi connectivity index (χ1n) is 7.50. The van der Waals surface area contributed by atoms with Crippen LogP contribution in [0.2, 0.25) is 0 Å². The van der Waals surface area contributed by atoms with Gasteiger partial charge in [-0.05, 0) is 37.0 Å². The molecule has 24 heavy (non-hydrogen) atoms. The van der Waals surface area contributed by atoms with Gasteiger partial charge in [0.05, 0.1) is 5.56 Å². The molecule has 126 valence electrons. The molecule has 0 aromatic heterocycles. The van der Waals surface area contributed by atoms with Crippen molar-refractivity contribution in [3.63, 3.8) is 0 Å². The van der Waals surface area contributed by atoms with E-state index in [1.54, 1.807) is 0 Å². The van der Waals surface area contributed by atoms with Crippen molar-refractivity contribution in [2.24, 2.45) is 0 Å². The van der Waals surface area contributed by atoms with Gasteiger partial charge < -0.3 is 10.4 Å². The number of carbonyl (C=O) groups is 2. The smallest absolute Gasteiger partial charge is 0.326 e. The largest absolute Gasteiger partial charge is 0.480 e. The van der Waals surface area contributed by atoms with Crippen LogP contribution in [0.3, 0.4) is 0 Å². The first kappa shape index (κ1) is 17.6. The standard InChI is InChI=1S/C18H17F2NO3/c19-14-10-5-9-13(16(14)20)17(22)21-15(18(23)24)11-4-8-12-6-2-1-3-7-12/h1-3,5-7,9-10,15H,4,8,11H2,(H,21,22)(H,23,24)/t15-/m0/s1. The number of nitrogens with one attached hydrogen (secondary N) is 1. The van der Waals surface area contributed by atoms with Gasteiger partial charge in [0.1, 0.15) is 6.04 Å². The number of benzene rings is 2. The van der Waals surface area contributed by atoms with Gasteiger partial charge in [-0.3, -0.25) is 4.79 Å². The molecule has 0 aliphatic carbocycles. The average Bonchev–Trinajstić information content (AvgIpc) is 2.57. The number of carboxylic acid groups (broad SMARTS) is 1. The van der Waals surface area contributed by atoms with Gasteiger partial charge in [-0.1, -0.05) is 36.4 Å². The summed E-state index contributed by atoms with van der Waals surface area (Å²) < 4.78 is 26.7. The van der Waals surface area contributed by atoms with Crippen molar-refractivity contribution in [3.05, 3.63) is 71.3 Å². The van der Waals surface area contributed by atoms with E-state index in [0.717, 1.165) is 17.7 Å². The molecular formula is C18H17F2NO3. The Kier molecular flexibility index (Phi) is 6.01. The molecular weight excluding hydrogens is 316 g/mol. The Hall–Kier alpha value is -2.76. The van der Waals surface area contributed by atoms with Crippen LogP contribution in [0.5, 0.6) is 0 Å². The topological polar surface area (TPSA) is 66.4 Å². The second-order valence-corrected chi connectivity index (χ2v) is 5.34. The van der Waals surface area contributed by atoms with Crippen LogP contribution in [-0.4, -0.2) is 23.0 Å². The summed E-state index contributed by atoms with van der Waals surface area (Å²) in [6.45, 7) is 0. The molecule has 6 heteroatoms. The SMILES string of the molecule is O=C(N[C@@H](CCCc1ccccc1)C(=O)O)c1cccc(F)c1F. The van der Waals surface area contributed by atoms with Crippen LogP contribution < -0.4 is 5.32 Å². The minimum absolute atomic E-state index is 0.187. The minimum Gasteiger partial charge on any atom is -0.480 e. The molecule has 0 spiro atoms. The summed E-state index contributed by atoms with van der Waals surface area (Å²) in [4.78, 5) is 23.3. The maximum absolute atomic E-state index is 13.6. The summed E-state index contributed by atoms with van der Waals surface area (Å²) in [6.07, 6.45) is 1.38. The third-order valence-electron chi connectivity index (χ3n) is 3.60. The fourth-order valence-electron chi connectivity index (χ4n) is 2.33. The molecule has 0 bridgehead atoms. The number of aliphatic carboxylic acids is 1. The highest BCUT2D eigenvalue weighted by Gasteiger charge is 2.22. The van der Waals surface area contributed by atoms with Gasteiger partial charge in [-0.2, -0.15) is 0 Å². The van der Waals surface area contributed by atoms with Crippen LogP contribution >= 0.6 is 0 Å². The molecule has 0 aliphatic rings. The summed E-state index contributed by atoms with van der Waals surface area (Å²) in [6, 6.07) is 11.5. The highest BCUT2D eigenvalue weighted by atomic mass is 19.2. The van der Waals surface area contributed by atoms with Crippen molar-refractivity contribution < 1.29 is 23.5 Å². The normalized spacial score (nSPS) is 11.8. The number of rotatable bonds is 7. The molecule has 0 saturated heterocycles. The summed E-state index contributed by atoms with van der Waals surface area (Å²) in [7, 11) is 0. The molecule has 0 heterocycles. The van der Waals surface area contributed by atoms with Gasteiger partial charge in [0.2, 0.25) is 0 Å². The van der Waals surface area contributed by atoms with E-state index in [-0.39, 0.29) is 6.42 Å². The number of aryl methyl sites for hydroxylation is 1. The van der Waals surface area contributed by atoms with Gasteiger partial charge in [0.25, 0.3) is 5.91 Å². The fraction of sp³-hybridized carbons (Fsp3) is 0.222. The molecule has 0 radical (unpaired) electrons. The third kappa shape index (κ3) is 4.62. The molecule has 2 N–H and O–H groups in total. The molecule has 2 aromatic rings. The van der Waals surface area contributed by atoms with E-state index in [9.17, 15) is 23.5 Å². The summed E-state index contributed by atoms with van der Waals surface area (Å²) >= 11 is 0. The predicted molar refractivity (Wildman–Crippen MR) is 84.6 cm³/mol. The zero-order valence-electron chi connectivity index (χ0n) is 12.8. The van der Waals surface area contributed by atoms with Crippen LogP contribution in [0.4, 0.5) is 8.78 Å². The molecule has 0 fully saturated rings. The van der Waals surface area contributed by atoms with Crippen molar-refractivity contribution in [1.29, 1.82) is 0 Å². The predicted octanol–water partition coefficient (Wildman–Crippen LogP) is 3.17. The summed E-state index contributed by atoms with van der Waals surface area (Å²) in [5.74, 6) is -4.60. The summed E-state index contributed by atoms with van der Waals surface area (Å²) in [5.41, 5.74) is 0.549. The lowest BCUT2D eigenvalue weighted by atomic mass is 10.0. The third-order valence-corrected chi connectivity index (χ3v) is 3.60. The van der Waals surface area contributed by atoms with Gasteiger partial charge in [0.15, 0.2) is 11.6 Å². The lowest BCUT2D eigenvalue weighted by Crippen LogP contribution is -2.41. The highest BCUT2D eigenvalue weighted by Crippen LogP contribution is 2.12. The second kappa shape index (κ2) is 8.19. The van der Waals surface area contributed by atoms with Crippen LogP contribution in [0, 0.1) is 11.6 Å². The van der Waals surface area contributed by atoms with Crippen molar-refractivity contribution in [3.8, 4) is 0 Å². The molecule has 2 aromatic carbocycles. The molecule has 1 amide bonds. The number of carbonyl (C=O) groups excluding carboxylic acids is 1. The molecule has 0 saturated carbocycles. The zero-order chi connectivity index (χ0) is 17.5. The molecule has 0 unspecified atom stereocenters. The van der Waals surface area contributed by atoms with E-state index in [1.807, 2.05) is 30.3 Å². The molecule has 2 rings (SSSR count). The first-order valence-corrected chi connectivity index (χ1v) is 7.50. The highest BCUT2D eigenvalue weighted by molar-refractivity contribution is 5.96. The summed E-state index contributed by atoms with van der Waals surface area (Å²) in [5, 5.41) is 11.4. The molecule has 4 nitrogen and oxygen atoms in total. The van der Waals surface area contributed by atoms with E-state index >= 15 is 0 Å². The fourth-order valence-corrected chi connectivity index (χ4v) is 2.33. The number of hydrogen-bond donors (Lipinski definition) is 2. The lowest BCUT2D eigenvalue weighted by Gasteiger charge is -2.15. The Morgan fingerprint density at radius 3 is 2.42 bits per heavy atom. The van der Waals surface area contributed by atoms with E-state index in [4.69, 9.17) is 0 Å². The van der Waals surface area contributed by atoms with E-state index < -0.39 is 35.1 Å². The van der Waals surface area contributed by atoms with Crippen molar-refractivity contribution >= 4 is 11.9 Å². The van der Waals surface area contributed by atoms with E-state index in [2.05, 4.69) is 5.32 Å². The van der Waals surface area contributed by atoms with Gasteiger partial charge in [0, 0.05) is 0 Å². The number of hydrogen-bond acceptors (Lipinski definition) is 2. The van der Waals surface area contributed by atoms with Crippen molar-refractivity contribution in [2.75, 3.05) is 0 Å². The van der Waals surface area contributed by atoms with Crippen LogP contribution in [-0.2, 0) is 11.2 Å². The monoisotopic (exact) mass is 333 g/mol.